The highest BCUT2D eigenvalue weighted by Crippen LogP contribution is 2.13. The molecule has 1 aromatic heterocycles. The number of aryl methyl sites for hydroxylation is 1. The van der Waals surface area contributed by atoms with Gasteiger partial charge in [-0.3, -0.25) is 0 Å². The van der Waals surface area contributed by atoms with Crippen LogP contribution in [0, 0.1) is 0 Å². The molecule has 11 heavy (non-hydrogen) atoms. The molecule has 0 aromatic carbocycles. The van der Waals surface area contributed by atoms with Gasteiger partial charge in [0.15, 0.2) is 5.16 Å². The molecule has 0 radical (unpaired) electrons. The highest BCUT2D eigenvalue weighted by Gasteiger charge is 1.99. The molecule has 1 rings (SSSR count). The van der Waals surface area contributed by atoms with E-state index in [4.69, 9.17) is 5.73 Å². The standard InChI is InChI=1S/C7H11N3S/c1-3-5-4-9-7(11-2)10-6(5)8/h4H,3H2,1-2H3,(H2,8,9,10). The maximum absolute atomic E-state index is 5.64. The van der Waals surface area contributed by atoms with Gasteiger partial charge in [-0.05, 0) is 12.7 Å². The quantitative estimate of drug-likeness (QED) is 0.536. The number of hydrogen-bond donors (Lipinski definition) is 1. The van der Waals surface area contributed by atoms with Crippen LogP contribution >= 0.6 is 11.8 Å². The van der Waals surface area contributed by atoms with E-state index in [-0.39, 0.29) is 0 Å². The minimum atomic E-state index is 0.604. The first-order chi connectivity index (χ1) is 5.27. The van der Waals surface area contributed by atoms with E-state index in [0.29, 0.717) is 5.82 Å². The van der Waals surface area contributed by atoms with E-state index >= 15 is 0 Å². The number of aromatic nitrogens is 2. The maximum atomic E-state index is 5.64. The fraction of sp³-hybridized carbons (Fsp3) is 0.429. The van der Waals surface area contributed by atoms with Crippen LogP contribution in [0.3, 0.4) is 0 Å². The zero-order valence-electron chi connectivity index (χ0n) is 6.66. The van der Waals surface area contributed by atoms with Crippen LogP contribution in [0.1, 0.15) is 12.5 Å². The van der Waals surface area contributed by atoms with E-state index < -0.39 is 0 Å². The first-order valence-corrected chi connectivity index (χ1v) is 4.65. The topological polar surface area (TPSA) is 51.8 Å². The summed E-state index contributed by atoms with van der Waals surface area (Å²) in [5.41, 5.74) is 6.66. The Morgan fingerprint density at radius 1 is 1.64 bits per heavy atom. The van der Waals surface area contributed by atoms with Crippen molar-refractivity contribution in [1.82, 2.24) is 9.97 Å². The van der Waals surface area contributed by atoms with E-state index in [2.05, 4.69) is 9.97 Å². The van der Waals surface area contributed by atoms with Crippen molar-refractivity contribution < 1.29 is 0 Å². The van der Waals surface area contributed by atoms with Gasteiger partial charge in [0, 0.05) is 11.8 Å². The van der Waals surface area contributed by atoms with Crippen molar-refractivity contribution in [2.45, 2.75) is 18.5 Å². The van der Waals surface area contributed by atoms with Gasteiger partial charge in [0.1, 0.15) is 5.82 Å². The summed E-state index contributed by atoms with van der Waals surface area (Å²) in [5.74, 6) is 0.604. The number of nitrogens with two attached hydrogens (primary N) is 1. The van der Waals surface area contributed by atoms with E-state index in [1.54, 1.807) is 6.20 Å². The van der Waals surface area contributed by atoms with Gasteiger partial charge in [-0.15, -0.1) is 0 Å². The second kappa shape index (κ2) is 3.57. The molecule has 3 nitrogen and oxygen atoms in total. The van der Waals surface area contributed by atoms with Gasteiger partial charge in [-0.2, -0.15) is 0 Å². The molecule has 0 unspecified atom stereocenters. The second-order valence-corrected chi connectivity index (χ2v) is 2.89. The molecular formula is C7H11N3S. The summed E-state index contributed by atoms with van der Waals surface area (Å²) in [5, 5.41) is 0.736. The largest absolute Gasteiger partial charge is 0.383 e. The molecule has 1 heterocycles. The van der Waals surface area contributed by atoms with Crippen LogP contribution in [0.2, 0.25) is 0 Å². The molecule has 0 aliphatic carbocycles. The molecule has 0 saturated carbocycles. The normalized spacial score (nSPS) is 10.0. The van der Waals surface area contributed by atoms with Gasteiger partial charge >= 0.3 is 0 Å². The summed E-state index contributed by atoms with van der Waals surface area (Å²) in [4.78, 5) is 8.19. The Labute approximate surface area is 70.4 Å². The molecule has 0 aliphatic rings. The maximum Gasteiger partial charge on any atom is 0.189 e. The number of rotatable bonds is 2. The Hall–Kier alpha value is -0.770. The van der Waals surface area contributed by atoms with Gasteiger partial charge in [0.25, 0.3) is 0 Å². The van der Waals surface area contributed by atoms with Crippen LogP contribution in [0.5, 0.6) is 0 Å². The molecule has 0 amide bonds. The summed E-state index contributed by atoms with van der Waals surface area (Å²) in [7, 11) is 0. The fourth-order valence-electron chi connectivity index (χ4n) is 0.774. The lowest BCUT2D eigenvalue weighted by Crippen LogP contribution is -1.99. The Morgan fingerprint density at radius 3 is 2.82 bits per heavy atom. The molecule has 0 spiro atoms. The fourth-order valence-corrected chi connectivity index (χ4v) is 1.12. The number of nitrogens with zero attached hydrogens (tertiary/aromatic N) is 2. The van der Waals surface area contributed by atoms with Crippen LogP contribution in [0.4, 0.5) is 5.82 Å². The second-order valence-electron chi connectivity index (χ2n) is 2.12. The Balaban J connectivity index is 2.99. The predicted molar refractivity (Wildman–Crippen MR) is 47.6 cm³/mol. The van der Waals surface area contributed by atoms with E-state index in [1.165, 1.54) is 11.8 Å². The third kappa shape index (κ3) is 1.83. The van der Waals surface area contributed by atoms with Crippen molar-refractivity contribution in [3.05, 3.63) is 11.8 Å². The van der Waals surface area contributed by atoms with Crippen LogP contribution in [0.15, 0.2) is 11.4 Å². The van der Waals surface area contributed by atoms with Gasteiger partial charge in [-0.1, -0.05) is 18.7 Å². The third-order valence-corrected chi connectivity index (χ3v) is 2.00. The minimum Gasteiger partial charge on any atom is -0.383 e. The van der Waals surface area contributed by atoms with Crippen molar-refractivity contribution in [2.24, 2.45) is 0 Å². The van der Waals surface area contributed by atoms with Gasteiger partial charge < -0.3 is 5.73 Å². The van der Waals surface area contributed by atoms with Crippen LogP contribution < -0.4 is 5.73 Å². The molecule has 0 saturated heterocycles. The van der Waals surface area contributed by atoms with E-state index in [9.17, 15) is 0 Å². The highest BCUT2D eigenvalue weighted by atomic mass is 32.2. The van der Waals surface area contributed by atoms with Gasteiger partial charge in [-0.25, -0.2) is 9.97 Å². The molecule has 0 atom stereocenters. The van der Waals surface area contributed by atoms with Crippen LogP contribution in [-0.4, -0.2) is 16.2 Å². The zero-order chi connectivity index (χ0) is 8.27. The molecule has 0 bridgehead atoms. The summed E-state index contributed by atoms with van der Waals surface area (Å²) < 4.78 is 0. The predicted octanol–water partition coefficient (Wildman–Crippen LogP) is 1.34. The monoisotopic (exact) mass is 169 g/mol. The Morgan fingerprint density at radius 2 is 2.36 bits per heavy atom. The van der Waals surface area contributed by atoms with Gasteiger partial charge in [0.2, 0.25) is 0 Å². The van der Waals surface area contributed by atoms with Crippen LogP contribution in [-0.2, 0) is 6.42 Å². The molecule has 0 fully saturated rings. The van der Waals surface area contributed by atoms with Crippen molar-refractivity contribution in [1.29, 1.82) is 0 Å². The SMILES string of the molecule is CCc1cnc(SC)nc1N. The molecule has 2 N–H and O–H groups in total. The number of thioether (sulfide) groups is 1. The Bertz CT molecular complexity index is 249. The lowest BCUT2D eigenvalue weighted by molar-refractivity contribution is 0.938. The van der Waals surface area contributed by atoms with Crippen molar-refractivity contribution >= 4 is 17.6 Å². The van der Waals surface area contributed by atoms with Crippen LogP contribution in [0.25, 0.3) is 0 Å². The first kappa shape index (κ1) is 8.33. The summed E-state index contributed by atoms with van der Waals surface area (Å²) >= 11 is 1.50. The smallest absolute Gasteiger partial charge is 0.189 e. The number of nitrogen functional groups attached to an aromatic ring is 1. The van der Waals surface area contributed by atoms with Crippen molar-refractivity contribution in [3.63, 3.8) is 0 Å². The first-order valence-electron chi connectivity index (χ1n) is 3.43. The van der Waals surface area contributed by atoms with E-state index in [1.807, 2.05) is 13.2 Å². The average Bonchev–Trinajstić information content (AvgIpc) is 2.04. The minimum absolute atomic E-state index is 0.604. The molecule has 4 heteroatoms. The lowest BCUT2D eigenvalue weighted by atomic mass is 10.2. The molecule has 1 aromatic rings. The number of hydrogen-bond acceptors (Lipinski definition) is 4. The third-order valence-electron chi connectivity index (χ3n) is 1.44. The molecular weight excluding hydrogens is 158 g/mol. The molecule has 0 aliphatic heterocycles. The van der Waals surface area contributed by atoms with Crippen molar-refractivity contribution in [2.75, 3.05) is 12.0 Å². The summed E-state index contributed by atoms with van der Waals surface area (Å²) in [6.07, 6.45) is 4.61. The van der Waals surface area contributed by atoms with Gasteiger partial charge in [0.05, 0.1) is 0 Å². The summed E-state index contributed by atoms with van der Waals surface area (Å²) in [6.45, 7) is 2.04. The summed E-state index contributed by atoms with van der Waals surface area (Å²) in [6, 6.07) is 0. The number of anilines is 1. The lowest BCUT2D eigenvalue weighted by Gasteiger charge is -2.01. The van der Waals surface area contributed by atoms with Crippen molar-refractivity contribution in [3.8, 4) is 0 Å². The Kier molecular flexibility index (Phi) is 2.70. The highest BCUT2D eigenvalue weighted by molar-refractivity contribution is 7.98. The van der Waals surface area contributed by atoms with E-state index in [0.717, 1.165) is 17.1 Å². The zero-order valence-corrected chi connectivity index (χ0v) is 7.48. The average molecular weight is 169 g/mol. The molecule has 60 valence electrons.